The molecule has 0 saturated carbocycles. The molecule has 0 saturated heterocycles. The average Bonchev–Trinajstić information content (AvgIpc) is 3.31. The van der Waals surface area contributed by atoms with Crippen molar-refractivity contribution in [2.45, 2.75) is 38.3 Å². The molecule has 8 nitrogen and oxygen atoms in total. The van der Waals surface area contributed by atoms with Gasteiger partial charge in [0.25, 0.3) is 0 Å². The van der Waals surface area contributed by atoms with E-state index in [4.69, 9.17) is 30.9 Å². The maximum absolute atomic E-state index is 13.6. The molecule has 1 aliphatic heterocycles. The van der Waals surface area contributed by atoms with Crippen LogP contribution in [0.3, 0.4) is 0 Å². The van der Waals surface area contributed by atoms with Gasteiger partial charge < -0.3 is 29.4 Å². The quantitative estimate of drug-likeness (QED) is 0.339. The van der Waals surface area contributed by atoms with Gasteiger partial charge in [-0.1, -0.05) is 24.6 Å². The standard InChI is InChI=1S/C30H33ClN2O6/c1-30(13-9-22(10-14-30)38-16-12-20(35)18-34)28-27-24(25-17-19(31)3-8-26(25)32-27)11-15-33(28)29(36)39-23-6-4-21(37-2)5-7-23/h3-10,13,17,20,28,32,34-35H,11-12,14-16,18H2,1-2H3. The van der Waals surface area contributed by atoms with Crippen LogP contribution in [0.1, 0.15) is 37.1 Å². The normalized spacial score (nSPS) is 21.3. The molecule has 206 valence electrons. The number of H-pyrrole nitrogens is 1. The van der Waals surface area contributed by atoms with Gasteiger partial charge in [0, 0.05) is 40.0 Å². The summed E-state index contributed by atoms with van der Waals surface area (Å²) < 4.78 is 16.8. The average molecular weight is 553 g/mol. The molecule has 2 aliphatic rings. The second kappa shape index (κ2) is 11.3. The molecule has 0 radical (unpaired) electrons. The van der Waals surface area contributed by atoms with E-state index in [0.29, 0.717) is 54.7 Å². The van der Waals surface area contributed by atoms with Crippen molar-refractivity contribution in [1.82, 2.24) is 9.88 Å². The van der Waals surface area contributed by atoms with E-state index < -0.39 is 17.6 Å². The lowest BCUT2D eigenvalue weighted by Gasteiger charge is -2.45. The van der Waals surface area contributed by atoms with Crippen LogP contribution in [0.2, 0.25) is 5.02 Å². The number of nitrogens with one attached hydrogen (secondary N) is 1. The molecule has 1 amide bonds. The highest BCUT2D eigenvalue weighted by atomic mass is 35.5. The number of carbonyl (C=O) groups is 1. The van der Waals surface area contributed by atoms with Gasteiger partial charge in [-0.25, -0.2) is 4.79 Å². The van der Waals surface area contributed by atoms with E-state index in [1.165, 1.54) is 0 Å². The van der Waals surface area contributed by atoms with Gasteiger partial charge >= 0.3 is 6.09 Å². The number of benzene rings is 2. The Balaban J connectivity index is 1.44. The van der Waals surface area contributed by atoms with Crippen LogP contribution in [-0.2, 0) is 11.2 Å². The molecule has 1 aromatic heterocycles. The fourth-order valence-electron chi connectivity index (χ4n) is 5.39. The number of nitrogens with zero attached hydrogens (tertiary/aromatic N) is 1. The third kappa shape index (κ3) is 5.64. The summed E-state index contributed by atoms with van der Waals surface area (Å²) in [6.45, 7) is 2.61. The summed E-state index contributed by atoms with van der Waals surface area (Å²) in [4.78, 5) is 19.0. The van der Waals surface area contributed by atoms with Crippen molar-refractivity contribution in [3.8, 4) is 11.5 Å². The van der Waals surface area contributed by atoms with Crippen molar-refractivity contribution in [3.63, 3.8) is 0 Å². The van der Waals surface area contributed by atoms with Crippen molar-refractivity contribution in [2.75, 3.05) is 26.9 Å². The minimum Gasteiger partial charge on any atom is -0.497 e. The largest absolute Gasteiger partial charge is 0.497 e. The topological polar surface area (TPSA) is 104 Å². The highest BCUT2D eigenvalue weighted by Crippen LogP contribution is 2.49. The fourth-order valence-corrected chi connectivity index (χ4v) is 5.56. The number of hydrogen-bond donors (Lipinski definition) is 3. The molecule has 0 bridgehead atoms. The van der Waals surface area contributed by atoms with E-state index in [-0.39, 0.29) is 12.6 Å². The number of rotatable bonds is 8. The van der Waals surface area contributed by atoms with E-state index in [1.807, 2.05) is 30.4 Å². The number of ether oxygens (including phenoxy) is 3. The lowest BCUT2D eigenvalue weighted by Crippen LogP contribution is -2.48. The Bertz CT molecular complexity index is 1400. The van der Waals surface area contributed by atoms with Crippen LogP contribution >= 0.6 is 11.6 Å². The van der Waals surface area contributed by atoms with E-state index in [1.54, 1.807) is 36.3 Å². The van der Waals surface area contributed by atoms with Crippen LogP contribution in [0, 0.1) is 5.41 Å². The number of aromatic nitrogens is 1. The molecule has 1 aliphatic carbocycles. The molecule has 5 rings (SSSR count). The Kier molecular flexibility index (Phi) is 7.88. The summed E-state index contributed by atoms with van der Waals surface area (Å²) in [6.07, 6.45) is 6.40. The van der Waals surface area contributed by atoms with Gasteiger partial charge in [0.05, 0.1) is 32.5 Å². The van der Waals surface area contributed by atoms with Crippen molar-refractivity contribution in [1.29, 1.82) is 0 Å². The maximum Gasteiger partial charge on any atom is 0.415 e. The minimum absolute atomic E-state index is 0.293. The van der Waals surface area contributed by atoms with E-state index in [2.05, 4.69) is 18.0 Å². The van der Waals surface area contributed by atoms with Gasteiger partial charge in [0.15, 0.2) is 0 Å². The summed E-state index contributed by atoms with van der Waals surface area (Å²) in [5.74, 6) is 1.82. The van der Waals surface area contributed by atoms with Crippen molar-refractivity contribution >= 4 is 28.6 Å². The number of amides is 1. The first kappa shape index (κ1) is 27.1. The summed E-state index contributed by atoms with van der Waals surface area (Å²) in [5, 5.41) is 20.3. The molecule has 3 atom stereocenters. The number of hydrogen-bond acceptors (Lipinski definition) is 6. The molecule has 2 aromatic carbocycles. The zero-order valence-electron chi connectivity index (χ0n) is 22.0. The Morgan fingerprint density at radius 3 is 2.69 bits per heavy atom. The Labute approximate surface area is 232 Å². The van der Waals surface area contributed by atoms with Gasteiger partial charge in [-0.3, -0.25) is 4.90 Å². The molecular weight excluding hydrogens is 520 g/mol. The van der Waals surface area contributed by atoms with E-state index in [9.17, 15) is 9.90 Å². The zero-order chi connectivity index (χ0) is 27.6. The van der Waals surface area contributed by atoms with Crippen LogP contribution in [0.15, 0.2) is 66.5 Å². The predicted molar refractivity (Wildman–Crippen MR) is 149 cm³/mol. The Morgan fingerprint density at radius 1 is 1.23 bits per heavy atom. The summed E-state index contributed by atoms with van der Waals surface area (Å²) in [7, 11) is 1.59. The first-order valence-corrected chi connectivity index (χ1v) is 13.4. The summed E-state index contributed by atoms with van der Waals surface area (Å²) in [5.41, 5.74) is 2.65. The van der Waals surface area contributed by atoms with Crippen LogP contribution < -0.4 is 9.47 Å². The Hall–Kier alpha value is -3.46. The van der Waals surface area contributed by atoms with Gasteiger partial charge in [-0.05, 0) is 73.0 Å². The monoisotopic (exact) mass is 552 g/mol. The highest BCUT2D eigenvalue weighted by molar-refractivity contribution is 6.31. The van der Waals surface area contributed by atoms with Gasteiger partial charge in [0.2, 0.25) is 0 Å². The molecular formula is C30H33ClN2O6. The second-order valence-corrected chi connectivity index (χ2v) is 10.7. The zero-order valence-corrected chi connectivity index (χ0v) is 22.8. The predicted octanol–water partition coefficient (Wildman–Crippen LogP) is 5.54. The molecule has 3 aromatic rings. The van der Waals surface area contributed by atoms with Crippen molar-refractivity contribution in [3.05, 3.63) is 82.7 Å². The molecule has 39 heavy (non-hydrogen) atoms. The van der Waals surface area contributed by atoms with Crippen LogP contribution in [-0.4, -0.2) is 59.2 Å². The van der Waals surface area contributed by atoms with E-state index in [0.717, 1.165) is 22.2 Å². The maximum atomic E-state index is 13.6. The number of aromatic amines is 1. The van der Waals surface area contributed by atoms with Gasteiger partial charge in [0.1, 0.15) is 17.3 Å². The first-order valence-electron chi connectivity index (χ1n) is 13.0. The summed E-state index contributed by atoms with van der Waals surface area (Å²) in [6, 6.07) is 12.4. The number of carbonyl (C=O) groups excluding carboxylic acids is 1. The highest BCUT2D eigenvalue weighted by Gasteiger charge is 2.45. The third-order valence-corrected chi connectivity index (χ3v) is 7.75. The SMILES string of the molecule is COc1ccc(OC(=O)N2CCc3c([nH]c4ccc(Cl)cc34)C2C2(C)C=CC(OCCC(O)CO)=CC2)cc1. The molecule has 2 heterocycles. The smallest absolute Gasteiger partial charge is 0.415 e. The number of aliphatic hydroxyl groups excluding tert-OH is 2. The van der Waals surface area contributed by atoms with Crippen LogP contribution in [0.25, 0.3) is 10.9 Å². The molecule has 9 heteroatoms. The number of aliphatic hydroxyl groups is 2. The van der Waals surface area contributed by atoms with Crippen molar-refractivity contribution in [2.24, 2.45) is 5.41 Å². The summed E-state index contributed by atoms with van der Waals surface area (Å²) >= 11 is 6.34. The number of allylic oxidation sites excluding steroid dienone is 2. The van der Waals surface area contributed by atoms with Crippen LogP contribution in [0.5, 0.6) is 11.5 Å². The van der Waals surface area contributed by atoms with Crippen molar-refractivity contribution < 1.29 is 29.2 Å². The number of fused-ring (bicyclic) bond motifs is 3. The molecule has 0 spiro atoms. The lowest BCUT2D eigenvalue weighted by atomic mass is 9.72. The first-order chi connectivity index (χ1) is 18.8. The lowest BCUT2D eigenvalue weighted by molar-refractivity contribution is 0.0644. The van der Waals surface area contributed by atoms with E-state index >= 15 is 0 Å². The molecule has 0 fully saturated rings. The Morgan fingerprint density at radius 2 is 2.00 bits per heavy atom. The minimum atomic E-state index is -0.801. The second-order valence-electron chi connectivity index (χ2n) is 10.2. The van der Waals surface area contributed by atoms with Gasteiger partial charge in [-0.2, -0.15) is 0 Å². The fraction of sp³-hybridized carbons (Fsp3) is 0.367. The molecule has 3 N–H and O–H groups in total. The third-order valence-electron chi connectivity index (χ3n) is 7.51. The molecule has 3 unspecified atom stereocenters. The van der Waals surface area contributed by atoms with Crippen LogP contribution in [0.4, 0.5) is 4.79 Å². The number of halogens is 1. The number of methoxy groups -OCH3 is 1. The van der Waals surface area contributed by atoms with Gasteiger partial charge in [-0.15, -0.1) is 0 Å².